The van der Waals surface area contributed by atoms with Crippen LogP contribution in [0.4, 0.5) is 5.69 Å². The van der Waals surface area contributed by atoms with Crippen LogP contribution in [0, 0.1) is 16.0 Å². The van der Waals surface area contributed by atoms with Crippen molar-refractivity contribution in [3.05, 3.63) is 101 Å². The number of amides is 1. The molecule has 172 valence electrons. The number of carbonyl (C=O) groups excluding carboxylic acids is 1. The Morgan fingerprint density at radius 1 is 0.879 bits per heavy atom. The Kier molecular flexibility index (Phi) is 7.82. The summed E-state index contributed by atoms with van der Waals surface area (Å²) in [7, 11) is -3.91. The van der Waals surface area contributed by atoms with E-state index in [9.17, 15) is 19.5 Å². The van der Waals surface area contributed by atoms with E-state index in [0.717, 1.165) is 0 Å². The van der Waals surface area contributed by atoms with Crippen LogP contribution in [-0.4, -0.2) is 16.6 Å². The summed E-state index contributed by atoms with van der Waals surface area (Å²) in [5.74, 6) is -1.04. The third-order valence-electron chi connectivity index (χ3n) is 4.60. The average molecular weight is 469 g/mol. The zero-order valence-corrected chi connectivity index (χ0v) is 19.0. The molecule has 0 aromatic heterocycles. The van der Waals surface area contributed by atoms with Gasteiger partial charge in [0.15, 0.2) is 5.78 Å². The number of nitrogens with one attached hydrogen (secondary N) is 2. The van der Waals surface area contributed by atoms with E-state index in [1.165, 1.54) is 24.3 Å². The van der Waals surface area contributed by atoms with Gasteiger partial charge in [-0.2, -0.15) is 0 Å². The number of hydrogen-bond acceptors (Lipinski definition) is 7. The molecule has 0 fully saturated rings. The van der Waals surface area contributed by atoms with E-state index in [-0.39, 0.29) is 17.2 Å². The van der Waals surface area contributed by atoms with Gasteiger partial charge in [-0.15, -0.1) is 0 Å². The normalized spacial score (nSPS) is 12.1. The largest absolute Gasteiger partial charge is 0.449 e. The van der Waals surface area contributed by atoms with Gasteiger partial charge in [-0.25, -0.2) is 9.99 Å². The van der Waals surface area contributed by atoms with Crippen LogP contribution >= 0.6 is 7.60 Å². The molecule has 0 aliphatic rings. The summed E-state index contributed by atoms with van der Waals surface area (Å²) in [4.78, 5) is 22.8. The monoisotopic (exact) mass is 469 g/mol. The molecule has 0 saturated heterocycles. The van der Waals surface area contributed by atoms with Gasteiger partial charge < -0.3 is 9.05 Å². The first-order chi connectivity index (χ1) is 15.8. The first-order valence-corrected chi connectivity index (χ1v) is 11.8. The van der Waals surface area contributed by atoms with Crippen LogP contribution in [0.15, 0.2) is 84.9 Å². The number of para-hydroxylation sites is 2. The highest BCUT2D eigenvalue weighted by Gasteiger charge is 2.42. The van der Waals surface area contributed by atoms with E-state index in [4.69, 9.17) is 9.05 Å². The van der Waals surface area contributed by atoms with E-state index in [1.807, 2.05) is 13.8 Å². The fourth-order valence-corrected chi connectivity index (χ4v) is 4.99. The second-order valence-corrected chi connectivity index (χ2v) is 9.44. The van der Waals surface area contributed by atoms with Gasteiger partial charge in [0.2, 0.25) is 0 Å². The molecule has 3 rings (SSSR count). The molecule has 0 spiro atoms. The summed E-state index contributed by atoms with van der Waals surface area (Å²) in [5.41, 5.74) is 5.37. The summed E-state index contributed by atoms with van der Waals surface area (Å²) in [6, 6.07) is 22.4. The minimum atomic E-state index is -3.91. The zero-order valence-electron chi connectivity index (χ0n) is 18.1. The van der Waals surface area contributed by atoms with Crippen molar-refractivity contribution in [1.82, 2.24) is 10.9 Å². The summed E-state index contributed by atoms with van der Waals surface area (Å²) in [5, 5.41) is 10.8. The van der Waals surface area contributed by atoms with Crippen molar-refractivity contribution >= 4 is 19.2 Å². The lowest BCUT2D eigenvalue weighted by Crippen LogP contribution is -2.47. The Morgan fingerprint density at radius 2 is 1.36 bits per heavy atom. The first-order valence-electron chi connectivity index (χ1n) is 10.2. The van der Waals surface area contributed by atoms with E-state index < -0.39 is 24.2 Å². The zero-order chi connectivity index (χ0) is 23.8. The summed E-state index contributed by atoms with van der Waals surface area (Å²) in [6.07, 6.45) is 0. The van der Waals surface area contributed by atoms with Gasteiger partial charge in [0.05, 0.1) is 4.92 Å². The minimum absolute atomic E-state index is 0.128. The topological polar surface area (TPSA) is 120 Å². The van der Waals surface area contributed by atoms with Gasteiger partial charge in [-0.3, -0.25) is 20.3 Å². The number of hydrogen-bond donors (Lipinski definition) is 2. The van der Waals surface area contributed by atoms with Crippen LogP contribution in [0.25, 0.3) is 0 Å². The Morgan fingerprint density at radius 3 is 1.79 bits per heavy atom. The van der Waals surface area contributed by atoms with Crippen molar-refractivity contribution in [2.24, 2.45) is 5.92 Å². The van der Waals surface area contributed by atoms with Crippen molar-refractivity contribution < 1.29 is 23.3 Å². The summed E-state index contributed by atoms with van der Waals surface area (Å²) < 4.78 is 25.7. The van der Waals surface area contributed by atoms with Crippen LogP contribution in [0.3, 0.4) is 0 Å². The SMILES string of the molecule is CC(C)C(NNC(=O)c1ccc([N+](=O)[O-])cc1)P(=O)(Oc1ccccc1)Oc1ccccc1. The van der Waals surface area contributed by atoms with Gasteiger partial charge in [0.25, 0.3) is 11.6 Å². The molecule has 1 unspecified atom stereocenters. The molecule has 0 saturated carbocycles. The highest BCUT2D eigenvalue weighted by atomic mass is 31.2. The third-order valence-corrected chi connectivity index (χ3v) is 6.94. The number of nitrogens with zero attached hydrogens (tertiary/aromatic N) is 1. The highest BCUT2D eigenvalue weighted by Crippen LogP contribution is 2.53. The Balaban J connectivity index is 1.82. The average Bonchev–Trinajstić information content (AvgIpc) is 2.80. The van der Waals surface area contributed by atoms with Crippen LogP contribution in [0.5, 0.6) is 11.5 Å². The van der Waals surface area contributed by atoms with E-state index in [2.05, 4.69) is 10.9 Å². The molecule has 0 aliphatic heterocycles. The van der Waals surface area contributed by atoms with Gasteiger partial charge in [-0.1, -0.05) is 50.2 Å². The molecule has 0 bridgehead atoms. The number of nitro groups is 1. The maximum atomic E-state index is 14.0. The second kappa shape index (κ2) is 10.8. The number of benzene rings is 3. The third kappa shape index (κ3) is 6.41. The maximum Gasteiger partial charge on any atom is 0.449 e. The molecule has 1 atom stereocenters. The molecule has 9 nitrogen and oxygen atoms in total. The molecule has 2 N–H and O–H groups in total. The van der Waals surface area contributed by atoms with Gasteiger partial charge in [0, 0.05) is 17.7 Å². The molecule has 3 aromatic rings. The number of rotatable bonds is 10. The second-order valence-electron chi connectivity index (χ2n) is 7.44. The fraction of sp³-hybridized carbons (Fsp3) is 0.174. The molecule has 0 heterocycles. The molecular weight excluding hydrogens is 445 g/mol. The smallest absolute Gasteiger partial charge is 0.415 e. The summed E-state index contributed by atoms with van der Waals surface area (Å²) >= 11 is 0. The van der Waals surface area contributed by atoms with Crippen molar-refractivity contribution in [2.45, 2.75) is 19.6 Å². The first kappa shape index (κ1) is 24.0. The molecule has 1 amide bonds. The maximum absolute atomic E-state index is 14.0. The highest BCUT2D eigenvalue weighted by molar-refractivity contribution is 7.55. The van der Waals surface area contributed by atoms with E-state index in [0.29, 0.717) is 11.5 Å². The number of nitro benzene ring substituents is 1. The van der Waals surface area contributed by atoms with Gasteiger partial charge in [-0.05, 0) is 42.3 Å². The number of hydrazine groups is 1. The van der Waals surface area contributed by atoms with Crippen LogP contribution in [0.1, 0.15) is 24.2 Å². The lowest BCUT2D eigenvalue weighted by Gasteiger charge is -2.30. The van der Waals surface area contributed by atoms with Crippen molar-refractivity contribution in [3.8, 4) is 11.5 Å². The lowest BCUT2D eigenvalue weighted by molar-refractivity contribution is -0.384. The van der Waals surface area contributed by atoms with Crippen molar-refractivity contribution in [1.29, 1.82) is 0 Å². The molecular formula is C23H24N3O6P. The fourth-order valence-electron chi connectivity index (χ4n) is 2.95. The van der Waals surface area contributed by atoms with Gasteiger partial charge in [0.1, 0.15) is 11.5 Å². The van der Waals surface area contributed by atoms with Crippen LogP contribution in [0.2, 0.25) is 0 Å². The van der Waals surface area contributed by atoms with Crippen molar-refractivity contribution in [3.63, 3.8) is 0 Å². The molecule has 3 aromatic carbocycles. The molecule has 0 radical (unpaired) electrons. The van der Waals surface area contributed by atoms with E-state index in [1.54, 1.807) is 60.7 Å². The predicted molar refractivity (Wildman–Crippen MR) is 124 cm³/mol. The minimum Gasteiger partial charge on any atom is -0.415 e. The Hall–Kier alpha value is -3.68. The van der Waals surface area contributed by atoms with E-state index >= 15 is 0 Å². The number of non-ortho nitro benzene ring substituents is 1. The summed E-state index contributed by atoms with van der Waals surface area (Å²) in [6.45, 7) is 3.62. The van der Waals surface area contributed by atoms with Gasteiger partial charge >= 0.3 is 7.60 Å². The lowest BCUT2D eigenvalue weighted by atomic mass is 10.2. The molecule has 33 heavy (non-hydrogen) atoms. The molecule has 0 aliphatic carbocycles. The van der Waals surface area contributed by atoms with Crippen molar-refractivity contribution in [2.75, 3.05) is 0 Å². The number of carbonyl (C=O) groups is 1. The predicted octanol–water partition coefficient (Wildman–Crippen LogP) is 5.16. The quantitative estimate of drug-likeness (QED) is 0.239. The Bertz CT molecular complexity index is 1080. The molecule has 10 heteroatoms. The Labute approximate surface area is 191 Å². The van der Waals surface area contributed by atoms with Crippen LogP contribution in [-0.2, 0) is 4.57 Å². The standard InChI is InChI=1S/C23H24N3O6P/c1-17(2)23(25-24-22(27)18-13-15-19(16-14-18)26(28)29)33(30,31-20-9-5-3-6-10-20)32-21-11-7-4-8-12-21/h3-17,23,25H,1-2H3,(H,24,27). The van der Waals surface area contributed by atoms with Crippen LogP contribution < -0.4 is 19.9 Å².